The molecule has 0 aromatic heterocycles. The summed E-state index contributed by atoms with van der Waals surface area (Å²) in [5, 5.41) is 11.7. The summed E-state index contributed by atoms with van der Waals surface area (Å²) in [7, 11) is 1.58. The Balaban J connectivity index is 2.51. The summed E-state index contributed by atoms with van der Waals surface area (Å²) in [5.74, 6) is -0.562. The van der Waals surface area contributed by atoms with Gasteiger partial charge >= 0.3 is 0 Å². The van der Waals surface area contributed by atoms with Gasteiger partial charge in [0.2, 0.25) is 5.91 Å². The molecule has 104 valence electrons. The van der Waals surface area contributed by atoms with Gasteiger partial charge in [-0.05, 0) is 35.0 Å². The van der Waals surface area contributed by atoms with Crippen LogP contribution in [0.15, 0.2) is 28.7 Å². The molecule has 1 rings (SSSR count). The van der Waals surface area contributed by atoms with E-state index in [-0.39, 0.29) is 24.9 Å². The van der Waals surface area contributed by atoms with E-state index in [1.54, 1.807) is 32.2 Å². The molecule has 6 heteroatoms. The molecule has 0 aliphatic carbocycles. The summed E-state index contributed by atoms with van der Waals surface area (Å²) in [6.45, 7) is 1.75. The fourth-order valence-electron chi connectivity index (χ4n) is 1.53. The normalized spacial score (nSPS) is 11.8. The summed E-state index contributed by atoms with van der Waals surface area (Å²) in [5.41, 5.74) is 0.480. The van der Waals surface area contributed by atoms with Crippen molar-refractivity contribution in [3.05, 3.63) is 34.3 Å². The molecule has 0 aliphatic rings. The number of halogens is 1. The Morgan fingerprint density at radius 3 is 2.63 bits per heavy atom. The smallest absolute Gasteiger partial charge is 0.252 e. The van der Waals surface area contributed by atoms with Gasteiger partial charge in [0, 0.05) is 18.1 Å². The minimum absolute atomic E-state index is 0.0939. The molecule has 0 radical (unpaired) electrons. The molecular weight excluding hydrogens is 312 g/mol. The minimum atomic E-state index is -0.590. The van der Waals surface area contributed by atoms with Crippen molar-refractivity contribution in [2.75, 3.05) is 20.1 Å². The molecular formula is C13H17BrN2O3. The number of rotatable bonds is 5. The molecule has 1 atom stereocenters. The van der Waals surface area contributed by atoms with Crippen molar-refractivity contribution >= 4 is 27.7 Å². The lowest BCUT2D eigenvalue weighted by Gasteiger charge is -2.19. The Labute approximate surface area is 120 Å². The topological polar surface area (TPSA) is 69.6 Å². The largest absolute Gasteiger partial charge is 0.392 e. The summed E-state index contributed by atoms with van der Waals surface area (Å²) in [6.07, 6.45) is -0.590. The van der Waals surface area contributed by atoms with Crippen LogP contribution in [-0.2, 0) is 4.79 Å². The molecule has 0 saturated carbocycles. The van der Waals surface area contributed by atoms with Crippen LogP contribution in [0, 0.1) is 0 Å². The highest BCUT2D eigenvalue weighted by molar-refractivity contribution is 9.10. The molecule has 1 aromatic rings. The van der Waals surface area contributed by atoms with Gasteiger partial charge in [-0.3, -0.25) is 9.59 Å². The average Bonchev–Trinajstić information content (AvgIpc) is 2.35. The minimum Gasteiger partial charge on any atom is -0.392 e. The third-order valence-electron chi connectivity index (χ3n) is 2.48. The molecule has 0 fully saturated rings. The van der Waals surface area contributed by atoms with E-state index >= 15 is 0 Å². The Bertz CT molecular complexity index is 463. The number of amides is 2. The predicted molar refractivity (Wildman–Crippen MR) is 75.8 cm³/mol. The summed E-state index contributed by atoms with van der Waals surface area (Å²) < 4.78 is 0.678. The third-order valence-corrected chi connectivity index (χ3v) is 3.17. The van der Waals surface area contributed by atoms with Crippen LogP contribution >= 0.6 is 15.9 Å². The van der Waals surface area contributed by atoms with Crippen LogP contribution in [0.4, 0.5) is 0 Å². The van der Waals surface area contributed by atoms with Crippen molar-refractivity contribution in [1.82, 2.24) is 10.2 Å². The second kappa shape index (κ2) is 7.25. The van der Waals surface area contributed by atoms with E-state index in [1.165, 1.54) is 4.90 Å². The standard InChI is InChI=1S/C13H17BrN2O3/c1-9(17)8-16(2)12(18)7-15-13(19)10-5-3-4-6-11(10)14/h3-6,9,17H,7-8H2,1-2H3,(H,15,19). The van der Waals surface area contributed by atoms with Crippen LogP contribution in [0.5, 0.6) is 0 Å². The lowest BCUT2D eigenvalue weighted by Crippen LogP contribution is -2.40. The van der Waals surface area contributed by atoms with Gasteiger partial charge < -0.3 is 15.3 Å². The van der Waals surface area contributed by atoms with Gasteiger partial charge in [0.25, 0.3) is 5.91 Å². The van der Waals surface area contributed by atoms with Crippen LogP contribution in [-0.4, -0.2) is 48.1 Å². The van der Waals surface area contributed by atoms with Crippen molar-refractivity contribution in [2.24, 2.45) is 0 Å². The molecule has 1 aromatic carbocycles. The van der Waals surface area contributed by atoms with Gasteiger partial charge in [0.05, 0.1) is 18.2 Å². The summed E-state index contributed by atoms with van der Waals surface area (Å²) in [6, 6.07) is 6.99. The number of aliphatic hydroxyl groups is 1. The molecule has 0 spiro atoms. The van der Waals surface area contributed by atoms with Crippen LogP contribution < -0.4 is 5.32 Å². The van der Waals surface area contributed by atoms with Crippen LogP contribution in [0.1, 0.15) is 17.3 Å². The first-order valence-electron chi connectivity index (χ1n) is 5.86. The Kier molecular flexibility index (Phi) is 5.98. The van der Waals surface area contributed by atoms with Gasteiger partial charge in [-0.25, -0.2) is 0 Å². The monoisotopic (exact) mass is 328 g/mol. The van der Waals surface area contributed by atoms with E-state index in [0.717, 1.165) is 0 Å². The van der Waals surface area contributed by atoms with Gasteiger partial charge in [-0.15, -0.1) is 0 Å². The van der Waals surface area contributed by atoms with E-state index in [9.17, 15) is 14.7 Å². The first-order valence-corrected chi connectivity index (χ1v) is 6.66. The summed E-state index contributed by atoms with van der Waals surface area (Å²) >= 11 is 3.28. The van der Waals surface area contributed by atoms with E-state index in [0.29, 0.717) is 10.0 Å². The van der Waals surface area contributed by atoms with Crippen molar-refractivity contribution in [1.29, 1.82) is 0 Å². The highest BCUT2D eigenvalue weighted by Crippen LogP contribution is 2.15. The number of carbonyl (C=O) groups excluding carboxylic acids is 2. The highest BCUT2D eigenvalue weighted by Gasteiger charge is 2.14. The van der Waals surface area contributed by atoms with Crippen molar-refractivity contribution in [3.8, 4) is 0 Å². The number of benzene rings is 1. The molecule has 0 saturated heterocycles. The molecule has 2 amide bonds. The number of carbonyl (C=O) groups is 2. The molecule has 19 heavy (non-hydrogen) atoms. The second-order valence-electron chi connectivity index (χ2n) is 4.29. The quantitative estimate of drug-likeness (QED) is 0.847. The number of aliphatic hydroxyl groups excluding tert-OH is 1. The third kappa shape index (κ3) is 5.00. The first-order chi connectivity index (χ1) is 8.91. The molecule has 0 heterocycles. The maximum atomic E-state index is 11.9. The zero-order valence-corrected chi connectivity index (χ0v) is 12.5. The number of nitrogens with zero attached hydrogens (tertiary/aromatic N) is 1. The fraction of sp³-hybridized carbons (Fsp3) is 0.385. The highest BCUT2D eigenvalue weighted by atomic mass is 79.9. The molecule has 1 unspecified atom stereocenters. The number of hydrogen-bond acceptors (Lipinski definition) is 3. The average molecular weight is 329 g/mol. The maximum Gasteiger partial charge on any atom is 0.252 e. The van der Waals surface area contributed by atoms with Gasteiger partial charge in [-0.1, -0.05) is 12.1 Å². The van der Waals surface area contributed by atoms with E-state index in [4.69, 9.17) is 0 Å². The fourth-order valence-corrected chi connectivity index (χ4v) is 1.99. The predicted octanol–water partition coefficient (Wildman–Crippen LogP) is 1.02. The zero-order valence-electron chi connectivity index (χ0n) is 10.9. The number of likely N-dealkylation sites (N-methyl/N-ethyl adjacent to an activating group) is 1. The van der Waals surface area contributed by atoms with Crippen molar-refractivity contribution < 1.29 is 14.7 Å². The van der Waals surface area contributed by atoms with Crippen molar-refractivity contribution in [2.45, 2.75) is 13.0 Å². The van der Waals surface area contributed by atoms with Crippen LogP contribution in [0.3, 0.4) is 0 Å². The van der Waals surface area contributed by atoms with Crippen molar-refractivity contribution in [3.63, 3.8) is 0 Å². The molecule has 2 N–H and O–H groups in total. The lowest BCUT2D eigenvalue weighted by molar-refractivity contribution is -0.129. The maximum absolute atomic E-state index is 11.9. The van der Waals surface area contributed by atoms with E-state index < -0.39 is 6.10 Å². The molecule has 0 bridgehead atoms. The number of nitrogens with one attached hydrogen (secondary N) is 1. The zero-order chi connectivity index (χ0) is 14.4. The second-order valence-corrected chi connectivity index (χ2v) is 5.14. The van der Waals surface area contributed by atoms with Gasteiger partial charge in [0.1, 0.15) is 0 Å². The molecule has 5 nitrogen and oxygen atoms in total. The lowest BCUT2D eigenvalue weighted by atomic mass is 10.2. The van der Waals surface area contributed by atoms with E-state index in [2.05, 4.69) is 21.2 Å². The molecule has 0 aliphatic heterocycles. The van der Waals surface area contributed by atoms with Gasteiger partial charge in [-0.2, -0.15) is 0 Å². The Morgan fingerprint density at radius 2 is 2.05 bits per heavy atom. The van der Waals surface area contributed by atoms with Gasteiger partial charge in [0.15, 0.2) is 0 Å². The SMILES string of the molecule is CC(O)CN(C)C(=O)CNC(=O)c1ccccc1Br. The van der Waals surface area contributed by atoms with E-state index in [1.807, 2.05) is 6.07 Å². The number of hydrogen-bond donors (Lipinski definition) is 2. The van der Waals surface area contributed by atoms with Crippen LogP contribution in [0.2, 0.25) is 0 Å². The Hall–Kier alpha value is -1.40. The summed E-state index contributed by atoms with van der Waals surface area (Å²) in [4.78, 5) is 24.9. The van der Waals surface area contributed by atoms with Crippen LogP contribution in [0.25, 0.3) is 0 Å². The first kappa shape index (κ1) is 15.7. The Morgan fingerprint density at radius 1 is 1.42 bits per heavy atom.